The van der Waals surface area contributed by atoms with Crippen LogP contribution in [0.3, 0.4) is 0 Å². The summed E-state index contributed by atoms with van der Waals surface area (Å²) in [4.78, 5) is 39.2. The van der Waals surface area contributed by atoms with Crippen molar-refractivity contribution < 1.29 is 32.3 Å². The summed E-state index contributed by atoms with van der Waals surface area (Å²) in [7, 11) is -4.24. The van der Waals surface area contributed by atoms with Crippen LogP contribution < -0.4 is 10.5 Å². The van der Waals surface area contributed by atoms with E-state index in [0.717, 1.165) is 18.9 Å². The molecule has 4 N–H and O–H groups in total. The molecule has 1 aliphatic carbocycles. The molecule has 0 spiro atoms. The minimum atomic E-state index is -4.24. The topological polar surface area (TPSA) is 160 Å². The summed E-state index contributed by atoms with van der Waals surface area (Å²) in [6.07, 6.45) is 4.67. The number of sulfonamides is 1. The largest absolute Gasteiger partial charge is 0.480 e. The van der Waals surface area contributed by atoms with E-state index in [1.807, 2.05) is 0 Å². The maximum absolute atomic E-state index is 13.4. The van der Waals surface area contributed by atoms with Crippen molar-refractivity contribution in [2.45, 2.75) is 61.8 Å². The van der Waals surface area contributed by atoms with E-state index in [-0.39, 0.29) is 28.9 Å². The second kappa shape index (κ2) is 11.2. The molecule has 1 fully saturated rings. The highest BCUT2D eigenvalue weighted by atomic mass is 35.5. The second-order valence-electron chi connectivity index (χ2n) is 8.97. The number of hydrogen-bond acceptors (Lipinski definition) is 8. The van der Waals surface area contributed by atoms with Gasteiger partial charge in [0, 0.05) is 11.7 Å². The molecule has 0 unspecified atom stereocenters. The maximum Gasteiger partial charge on any atom is 0.323 e. The summed E-state index contributed by atoms with van der Waals surface area (Å²) in [5, 5.41) is 16.9. The number of anilines is 1. The fourth-order valence-electron chi connectivity index (χ4n) is 4.09. The molecular weight excluding hydrogens is 530 g/mol. The third-order valence-corrected chi connectivity index (χ3v) is 8.29. The number of carbonyl (C=O) groups is 3. The number of benzene rings is 1. The predicted octanol–water partition coefficient (Wildman–Crippen LogP) is 3.70. The van der Waals surface area contributed by atoms with Crippen LogP contribution in [-0.2, 0) is 26.2 Å². The van der Waals surface area contributed by atoms with E-state index in [9.17, 15) is 27.9 Å². The van der Waals surface area contributed by atoms with Crippen LogP contribution in [0.2, 0.25) is 5.02 Å². The number of carboxylic acids is 1. The molecule has 13 heteroatoms. The van der Waals surface area contributed by atoms with Crippen LogP contribution in [0.25, 0.3) is 0 Å². The highest BCUT2D eigenvalue weighted by Gasteiger charge is 2.40. The van der Waals surface area contributed by atoms with E-state index in [1.165, 1.54) is 31.1 Å². The van der Waals surface area contributed by atoms with Crippen LogP contribution in [-0.4, -0.2) is 52.7 Å². The fraction of sp³-hybridized carbons (Fsp3) is 0.435. The Morgan fingerprint density at radius 3 is 2.50 bits per heavy atom. The van der Waals surface area contributed by atoms with Gasteiger partial charge in [-0.05, 0) is 51.0 Å². The van der Waals surface area contributed by atoms with Crippen molar-refractivity contribution in [1.82, 2.24) is 4.90 Å². The molecule has 0 bridgehead atoms. The van der Waals surface area contributed by atoms with Crippen molar-refractivity contribution in [1.29, 1.82) is 0 Å². The van der Waals surface area contributed by atoms with E-state index >= 15 is 0 Å². The number of furan rings is 1. The normalized spacial score (nSPS) is 14.6. The molecule has 1 aromatic carbocycles. The summed E-state index contributed by atoms with van der Waals surface area (Å²) in [5.41, 5.74) is 0.175. The van der Waals surface area contributed by atoms with Gasteiger partial charge in [0.1, 0.15) is 17.2 Å². The molecule has 10 nitrogen and oxygen atoms in total. The third-order valence-electron chi connectivity index (χ3n) is 5.83. The van der Waals surface area contributed by atoms with Gasteiger partial charge in [0.2, 0.25) is 21.0 Å². The standard InChI is InChI=1S/C23H28ClN3O7S2/c1-23(2,22(31)27(13-20(28)29)14-6-3-4-7-14)35-21(30)16-10-19(36(25,32)33)17(24)11-18(16)26-12-15-8-5-9-34-15/h5,8-11,14,26H,3-4,6-7,12-13H2,1-2H3,(H,28,29)(H2,25,32,33). The van der Waals surface area contributed by atoms with Crippen molar-refractivity contribution in [2.75, 3.05) is 11.9 Å². The van der Waals surface area contributed by atoms with Gasteiger partial charge < -0.3 is 19.7 Å². The minimum Gasteiger partial charge on any atom is -0.480 e. The molecule has 36 heavy (non-hydrogen) atoms. The molecule has 0 saturated heterocycles. The molecule has 0 radical (unpaired) electrons. The van der Waals surface area contributed by atoms with Crippen LogP contribution in [0.15, 0.2) is 39.8 Å². The van der Waals surface area contributed by atoms with Gasteiger partial charge in [0.15, 0.2) is 0 Å². The molecule has 1 aromatic heterocycles. The lowest BCUT2D eigenvalue weighted by Gasteiger charge is -2.34. The lowest BCUT2D eigenvalue weighted by atomic mass is 10.1. The van der Waals surface area contributed by atoms with E-state index in [2.05, 4.69) is 5.32 Å². The van der Waals surface area contributed by atoms with Crippen LogP contribution in [0.1, 0.15) is 55.6 Å². The van der Waals surface area contributed by atoms with Gasteiger partial charge in [-0.1, -0.05) is 36.2 Å². The zero-order chi connectivity index (χ0) is 26.7. The van der Waals surface area contributed by atoms with Crippen molar-refractivity contribution in [3.63, 3.8) is 0 Å². The Kier molecular flexibility index (Phi) is 8.75. The SMILES string of the molecule is CC(C)(SC(=O)c1cc(S(N)(=O)=O)c(Cl)cc1NCc1ccco1)C(=O)N(CC(=O)O)C1CCCC1. The Bertz CT molecular complexity index is 1240. The Labute approximate surface area is 218 Å². The summed E-state index contributed by atoms with van der Waals surface area (Å²) < 4.78 is 28.0. The lowest BCUT2D eigenvalue weighted by molar-refractivity contribution is -0.147. The lowest BCUT2D eigenvalue weighted by Crippen LogP contribution is -2.50. The Hall–Kier alpha value is -2.54. The highest BCUT2D eigenvalue weighted by molar-refractivity contribution is 8.15. The summed E-state index contributed by atoms with van der Waals surface area (Å²) in [6.45, 7) is 2.79. The zero-order valence-corrected chi connectivity index (χ0v) is 22.2. The van der Waals surface area contributed by atoms with Gasteiger partial charge in [-0.25, -0.2) is 13.6 Å². The van der Waals surface area contributed by atoms with E-state index in [0.29, 0.717) is 30.4 Å². The first kappa shape index (κ1) is 28.0. The Morgan fingerprint density at radius 2 is 1.94 bits per heavy atom. The smallest absolute Gasteiger partial charge is 0.323 e. The first-order chi connectivity index (χ1) is 16.8. The first-order valence-electron chi connectivity index (χ1n) is 11.2. The molecule has 1 amide bonds. The van der Waals surface area contributed by atoms with Gasteiger partial charge in [-0.3, -0.25) is 14.4 Å². The average Bonchev–Trinajstić information content (AvgIpc) is 3.48. The Balaban J connectivity index is 1.92. The molecule has 3 rings (SSSR count). The molecule has 0 atom stereocenters. The number of hydrogen-bond donors (Lipinski definition) is 3. The van der Waals surface area contributed by atoms with Gasteiger partial charge >= 0.3 is 5.97 Å². The third kappa shape index (κ3) is 6.81. The molecule has 1 aliphatic rings. The fourth-order valence-corrected chi connectivity index (χ4v) is 6.13. The number of carbonyl (C=O) groups excluding carboxylic acids is 2. The van der Waals surface area contributed by atoms with Crippen molar-refractivity contribution in [3.05, 3.63) is 46.9 Å². The number of primary sulfonamides is 1. The number of rotatable bonds is 10. The van der Waals surface area contributed by atoms with Crippen LogP contribution in [0.4, 0.5) is 5.69 Å². The highest BCUT2D eigenvalue weighted by Crippen LogP contribution is 2.37. The number of carboxylic acid groups (broad SMARTS) is 1. The van der Waals surface area contributed by atoms with Crippen molar-refractivity contribution in [2.24, 2.45) is 5.14 Å². The number of nitrogens with zero attached hydrogens (tertiary/aromatic N) is 1. The second-order valence-corrected chi connectivity index (χ2v) is 12.5. The number of thioether (sulfide) groups is 1. The van der Waals surface area contributed by atoms with Gasteiger partial charge in [0.05, 0.1) is 28.1 Å². The number of halogens is 1. The molecule has 1 saturated carbocycles. The minimum absolute atomic E-state index is 0.0495. The molecule has 196 valence electrons. The quantitative estimate of drug-likeness (QED) is 0.395. The summed E-state index contributed by atoms with van der Waals surface area (Å²) in [6, 6.07) is 5.55. The molecule has 1 heterocycles. The van der Waals surface area contributed by atoms with Gasteiger partial charge in [-0.15, -0.1) is 0 Å². The molecule has 0 aliphatic heterocycles. The van der Waals surface area contributed by atoms with E-state index in [4.69, 9.17) is 21.2 Å². The number of aliphatic carboxylic acids is 1. The summed E-state index contributed by atoms with van der Waals surface area (Å²) in [5.74, 6) is -1.06. The van der Waals surface area contributed by atoms with E-state index < -0.39 is 43.2 Å². The molecular formula is C23H28ClN3O7S2. The van der Waals surface area contributed by atoms with Crippen LogP contribution >= 0.6 is 23.4 Å². The van der Waals surface area contributed by atoms with E-state index in [1.54, 1.807) is 12.1 Å². The zero-order valence-electron chi connectivity index (χ0n) is 19.8. The number of nitrogens with two attached hydrogens (primary N) is 1. The number of amides is 1. The van der Waals surface area contributed by atoms with Crippen LogP contribution in [0, 0.1) is 0 Å². The maximum atomic E-state index is 13.4. The molecule has 2 aromatic rings. The van der Waals surface area contributed by atoms with Gasteiger partial charge in [0.25, 0.3) is 0 Å². The Morgan fingerprint density at radius 1 is 1.28 bits per heavy atom. The average molecular weight is 558 g/mol. The first-order valence-corrected chi connectivity index (χ1v) is 13.9. The monoisotopic (exact) mass is 557 g/mol. The van der Waals surface area contributed by atoms with Crippen molar-refractivity contribution >= 4 is 56.1 Å². The number of nitrogens with one attached hydrogen (secondary N) is 1. The summed E-state index contributed by atoms with van der Waals surface area (Å²) >= 11 is 6.82. The van der Waals surface area contributed by atoms with Gasteiger partial charge in [-0.2, -0.15) is 0 Å². The van der Waals surface area contributed by atoms with Crippen molar-refractivity contribution in [3.8, 4) is 0 Å². The van der Waals surface area contributed by atoms with Crippen LogP contribution in [0.5, 0.6) is 0 Å². The predicted molar refractivity (Wildman–Crippen MR) is 136 cm³/mol.